The molecule has 6 nitrogen and oxygen atoms in total. The quantitative estimate of drug-likeness (QED) is 0.464. The second kappa shape index (κ2) is 9.34. The largest absolute Gasteiger partial charge is 0.497 e. The van der Waals surface area contributed by atoms with Gasteiger partial charge in [-0.25, -0.2) is 9.07 Å². The molecule has 4 rings (SSSR count). The molecule has 0 saturated heterocycles. The van der Waals surface area contributed by atoms with Gasteiger partial charge in [0.2, 0.25) is 0 Å². The van der Waals surface area contributed by atoms with Crippen LogP contribution in [0, 0.1) is 5.82 Å². The Morgan fingerprint density at radius 2 is 1.66 bits per heavy atom. The van der Waals surface area contributed by atoms with E-state index in [1.165, 1.54) is 12.1 Å². The van der Waals surface area contributed by atoms with Crippen molar-refractivity contribution in [2.75, 3.05) is 14.2 Å². The first-order valence-electron chi connectivity index (χ1n) is 9.99. The van der Waals surface area contributed by atoms with Gasteiger partial charge in [0.05, 0.1) is 25.6 Å². The highest BCUT2D eigenvalue weighted by Crippen LogP contribution is 2.26. The molecule has 162 valence electrons. The number of methoxy groups -OCH3 is 2. The van der Waals surface area contributed by atoms with Crippen LogP contribution in [-0.4, -0.2) is 29.9 Å². The third-order valence-electron chi connectivity index (χ3n) is 4.99. The zero-order valence-electron chi connectivity index (χ0n) is 17.7. The number of hydrogen-bond donors (Lipinski definition) is 1. The average Bonchev–Trinajstić information content (AvgIpc) is 3.29. The first kappa shape index (κ1) is 21.1. The van der Waals surface area contributed by atoms with Crippen LogP contribution in [0.5, 0.6) is 11.5 Å². The summed E-state index contributed by atoms with van der Waals surface area (Å²) in [7, 11) is 3.20. The molecule has 4 aromatic rings. The Hall–Kier alpha value is -4.13. The average molecular weight is 431 g/mol. The van der Waals surface area contributed by atoms with E-state index >= 15 is 0 Å². The Labute approximate surface area is 185 Å². The van der Waals surface area contributed by atoms with E-state index in [1.54, 1.807) is 37.1 Å². The van der Waals surface area contributed by atoms with Crippen LogP contribution >= 0.6 is 0 Å². The minimum atomic E-state index is -0.319. The van der Waals surface area contributed by atoms with Crippen molar-refractivity contribution in [3.63, 3.8) is 0 Å². The van der Waals surface area contributed by atoms with Gasteiger partial charge >= 0.3 is 0 Å². The van der Waals surface area contributed by atoms with Crippen molar-refractivity contribution >= 4 is 5.91 Å². The summed E-state index contributed by atoms with van der Waals surface area (Å²) in [6.07, 6.45) is 0. The number of amides is 1. The summed E-state index contributed by atoms with van der Waals surface area (Å²) in [5, 5.41) is 7.56. The van der Waals surface area contributed by atoms with Gasteiger partial charge in [0.15, 0.2) is 0 Å². The van der Waals surface area contributed by atoms with E-state index in [0.717, 1.165) is 11.1 Å². The van der Waals surface area contributed by atoms with Crippen LogP contribution in [0.2, 0.25) is 0 Å². The summed E-state index contributed by atoms with van der Waals surface area (Å²) in [4.78, 5) is 13.1. The first-order chi connectivity index (χ1) is 15.6. The number of nitrogens with one attached hydrogen (secondary N) is 1. The van der Waals surface area contributed by atoms with Gasteiger partial charge < -0.3 is 14.8 Å². The number of halogens is 1. The van der Waals surface area contributed by atoms with E-state index in [9.17, 15) is 9.18 Å². The number of carbonyl (C=O) groups is 1. The molecule has 1 heterocycles. The first-order valence-corrected chi connectivity index (χ1v) is 9.99. The van der Waals surface area contributed by atoms with Crippen LogP contribution in [0.15, 0.2) is 78.9 Å². The molecule has 0 unspecified atom stereocenters. The molecule has 0 radical (unpaired) electrons. The lowest BCUT2D eigenvalue weighted by Crippen LogP contribution is -2.25. The van der Waals surface area contributed by atoms with Crippen molar-refractivity contribution < 1.29 is 18.7 Å². The second-order valence-corrected chi connectivity index (χ2v) is 7.07. The minimum Gasteiger partial charge on any atom is -0.497 e. The SMILES string of the molecule is COc1ccc(-n2nc(-c3cccc(OC)c3)cc2C(=O)NCc2ccc(F)cc2)cc1. The van der Waals surface area contributed by atoms with Crippen LogP contribution in [0.25, 0.3) is 16.9 Å². The van der Waals surface area contributed by atoms with Gasteiger partial charge in [-0.1, -0.05) is 24.3 Å². The maximum absolute atomic E-state index is 13.1. The lowest BCUT2D eigenvalue weighted by Gasteiger charge is -2.09. The predicted molar refractivity (Wildman–Crippen MR) is 120 cm³/mol. The van der Waals surface area contributed by atoms with Crippen molar-refractivity contribution in [3.8, 4) is 28.4 Å². The summed E-state index contributed by atoms with van der Waals surface area (Å²) in [6, 6.07) is 22.5. The van der Waals surface area contributed by atoms with Gasteiger partial charge in [-0.2, -0.15) is 5.10 Å². The smallest absolute Gasteiger partial charge is 0.270 e. The van der Waals surface area contributed by atoms with E-state index in [-0.39, 0.29) is 18.3 Å². The highest BCUT2D eigenvalue weighted by Gasteiger charge is 2.18. The fourth-order valence-electron chi connectivity index (χ4n) is 3.26. The lowest BCUT2D eigenvalue weighted by molar-refractivity contribution is 0.0943. The Morgan fingerprint density at radius 1 is 0.938 bits per heavy atom. The molecule has 1 aromatic heterocycles. The molecular weight excluding hydrogens is 409 g/mol. The molecule has 0 aliphatic heterocycles. The maximum Gasteiger partial charge on any atom is 0.270 e. The summed E-state index contributed by atoms with van der Waals surface area (Å²) >= 11 is 0. The topological polar surface area (TPSA) is 65.4 Å². The summed E-state index contributed by atoms with van der Waals surface area (Å²) in [5.74, 6) is 0.785. The third kappa shape index (κ3) is 4.62. The monoisotopic (exact) mass is 431 g/mol. The molecule has 32 heavy (non-hydrogen) atoms. The van der Waals surface area contributed by atoms with Gasteiger partial charge in [0.25, 0.3) is 5.91 Å². The van der Waals surface area contributed by atoms with Crippen LogP contribution < -0.4 is 14.8 Å². The molecule has 1 N–H and O–H groups in total. The molecule has 0 spiro atoms. The van der Waals surface area contributed by atoms with Crippen molar-refractivity contribution in [2.45, 2.75) is 6.54 Å². The molecule has 1 amide bonds. The maximum atomic E-state index is 13.1. The van der Waals surface area contributed by atoms with Gasteiger partial charge in [-0.3, -0.25) is 4.79 Å². The Balaban J connectivity index is 1.68. The van der Waals surface area contributed by atoms with E-state index in [2.05, 4.69) is 10.4 Å². The molecule has 0 fully saturated rings. The number of carbonyl (C=O) groups excluding carboxylic acids is 1. The normalized spacial score (nSPS) is 10.6. The van der Waals surface area contributed by atoms with Crippen LogP contribution in [0.3, 0.4) is 0 Å². The molecule has 0 bridgehead atoms. The molecule has 0 aliphatic rings. The lowest BCUT2D eigenvalue weighted by atomic mass is 10.1. The number of rotatable bonds is 7. The molecular formula is C25H22FN3O3. The molecule has 0 atom stereocenters. The highest BCUT2D eigenvalue weighted by molar-refractivity contribution is 5.94. The van der Waals surface area contributed by atoms with Crippen LogP contribution in [-0.2, 0) is 6.54 Å². The van der Waals surface area contributed by atoms with E-state index in [1.807, 2.05) is 48.5 Å². The number of hydrogen-bond acceptors (Lipinski definition) is 4. The fourth-order valence-corrected chi connectivity index (χ4v) is 3.26. The van der Waals surface area contributed by atoms with Crippen LogP contribution in [0.1, 0.15) is 16.1 Å². The Kier molecular flexibility index (Phi) is 6.17. The van der Waals surface area contributed by atoms with Crippen LogP contribution in [0.4, 0.5) is 4.39 Å². The number of aromatic nitrogens is 2. The van der Waals surface area contributed by atoms with Crippen molar-refractivity contribution in [3.05, 3.63) is 95.9 Å². The molecule has 0 aliphatic carbocycles. The van der Waals surface area contributed by atoms with Crippen molar-refractivity contribution in [1.82, 2.24) is 15.1 Å². The van der Waals surface area contributed by atoms with E-state index in [4.69, 9.17) is 9.47 Å². The van der Waals surface area contributed by atoms with Gasteiger partial charge in [-0.05, 0) is 60.2 Å². The number of nitrogens with zero attached hydrogens (tertiary/aromatic N) is 2. The summed E-state index contributed by atoms with van der Waals surface area (Å²) in [5.41, 5.74) is 3.33. The third-order valence-corrected chi connectivity index (χ3v) is 4.99. The molecule has 0 saturated carbocycles. The summed E-state index contributed by atoms with van der Waals surface area (Å²) < 4.78 is 25.3. The van der Waals surface area contributed by atoms with Gasteiger partial charge in [0.1, 0.15) is 23.0 Å². The van der Waals surface area contributed by atoms with Gasteiger partial charge in [-0.15, -0.1) is 0 Å². The van der Waals surface area contributed by atoms with Gasteiger partial charge in [0, 0.05) is 12.1 Å². The van der Waals surface area contributed by atoms with Crippen molar-refractivity contribution in [2.24, 2.45) is 0 Å². The van der Waals surface area contributed by atoms with E-state index < -0.39 is 0 Å². The summed E-state index contributed by atoms with van der Waals surface area (Å²) in [6.45, 7) is 0.265. The zero-order valence-corrected chi connectivity index (χ0v) is 17.7. The molecule has 7 heteroatoms. The Bertz CT molecular complexity index is 1220. The Morgan fingerprint density at radius 3 is 2.34 bits per heavy atom. The zero-order chi connectivity index (χ0) is 22.5. The second-order valence-electron chi connectivity index (χ2n) is 7.07. The molecule has 3 aromatic carbocycles. The van der Waals surface area contributed by atoms with E-state index in [0.29, 0.717) is 28.6 Å². The predicted octanol–water partition coefficient (Wildman–Crippen LogP) is 4.63. The standard InChI is InChI=1S/C25H22FN3O3/c1-31-21-12-10-20(11-13-21)29-24(25(30)27-16-17-6-8-19(26)9-7-17)15-23(28-29)18-4-3-5-22(14-18)32-2/h3-15H,16H2,1-2H3,(H,27,30). The fraction of sp³-hybridized carbons (Fsp3) is 0.120. The number of benzene rings is 3. The van der Waals surface area contributed by atoms with Crippen molar-refractivity contribution in [1.29, 1.82) is 0 Å². The highest BCUT2D eigenvalue weighted by atomic mass is 19.1. The number of ether oxygens (including phenoxy) is 2. The minimum absolute atomic E-state index is 0.265.